The van der Waals surface area contributed by atoms with Crippen molar-refractivity contribution in [3.05, 3.63) is 88.6 Å². The number of hydrogen-bond donors (Lipinski definition) is 1. The zero-order chi connectivity index (χ0) is 22.1. The average molecular weight is 432 g/mol. The van der Waals surface area contributed by atoms with Crippen molar-refractivity contribution in [3.63, 3.8) is 0 Å². The van der Waals surface area contributed by atoms with E-state index in [1.54, 1.807) is 12.1 Å². The first-order valence-corrected chi connectivity index (χ1v) is 10.8. The third-order valence-electron chi connectivity index (χ3n) is 5.66. The Morgan fingerprint density at radius 2 is 1.81 bits per heavy atom. The topological polar surface area (TPSA) is 60.9 Å². The maximum atomic E-state index is 11.5. The lowest BCUT2D eigenvalue weighted by molar-refractivity contribution is 0.1000. The van der Waals surface area contributed by atoms with Gasteiger partial charge in [-0.2, -0.15) is 5.10 Å². The summed E-state index contributed by atoms with van der Waals surface area (Å²) < 4.78 is 2.09. The monoisotopic (exact) mass is 431 g/mol. The first-order valence-electron chi connectivity index (χ1n) is 10.5. The van der Waals surface area contributed by atoms with Crippen LogP contribution in [0.2, 0.25) is 5.02 Å². The summed E-state index contributed by atoms with van der Waals surface area (Å²) in [6, 6.07) is 20.0. The molecule has 0 bridgehead atoms. The second-order valence-corrected chi connectivity index (χ2v) is 8.89. The van der Waals surface area contributed by atoms with E-state index in [9.17, 15) is 4.79 Å². The summed E-state index contributed by atoms with van der Waals surface area (Å²) in [6.07, 6.45) is 2.86. The molecule has 4 rings (SSSR count). The van der Waals surface area contributed by atoms with Gasteiger partial charge in [0.2, 0.25) is 5.91 Å². The van der Waals surface area contributed by atoms with Crippen molar-refractivity contribution < 1.29 is 4.79 Å². The Labute approximate surface area is 187 Å². The Kier molecular flexibility index (Phi) is 5.84. The van der Waals surface area contributed by atoms with Gasteiger partial charge in [-0.25, -0.2) is 0 Å². The lowest BCUT2D eigenvalue weighted by Crippen LogP contribution is -2.15. The van der Waals surface area contributed by atoms with E-state index in [0.29, 0.717) is 11.5 Å². The first kappa shape index (κ1) is 21.1. The predicted octanol–water partition coefficient (Wildman–Crippen LogP) is 6.40. The Balaban J connectivity index is 1.76. The summed E-state index contributed by atoms with van der Waals surface area (Å²) in [4.78, 5) is 11.5. The zero-order valence-electron chi connectivity index (χ0n) is 18.0. The molecule has 1 amide bonds. The summed E-state index contributed by atoms with van der Waals surface area (Å²) >= 11 is 6.13. The molecule has 5 heteroatoms. The molecule has 0 spiro atoms. The minimum Gasteiger partial charge on any atom is -0.366 e. The number of amides is 1. The molecule has 2 N–H and O–H groups in total. The molecule has 0 saturated carbocycles. The van der Waals surface area contributed by atoms with Crippen LogP contribution in [0.3, 0.4) is 0 Å². The van der Waals surface area contributed by atoms with Crippen molar-refractivity contribution in [1.29, 1.82) is 0 Å². The highest BCUT2D eigenvalue weighted by molar-refractivity contribution is 6.30. The Bertz CT molecular complexity index is 1240. The van der Waals surface area contributed by atoms with Crippen LogP contribution >= 0.6 is 11.6 Å². The van der Waals surface area contributed by atoms with Crippen LogP contribution in [-0.4, -0.2) is 15.7 Å². The second-order valence-electron chi connectivity index (χ2n) is 8.45. The van der Waals surface area contributed by atoms with Gasteiger partial charge in [0.25, 0.3) is 0 Å². The summed E-state index contributed by atoms with van der Waals surface area (Å²) in [5.41, 5.74) is 11.6. The number of carbonyl (C=O) groups excluding carboxylic acids is 1. The number of benzene rings is 3. The van der Waals surface area contributed by atoms with Gasteiger partial charge in [-0.05, 0) is 77.9 Å². The molecule has 0 radical (unpaired) electrons. The van der Waals surface area contributed by atoms with Gasteiger partial charge in [-0.1, -0.05) is 49.7 Å². The predicted molar refractivity (Wildman–Crippen MR) is 127 cm³/mol. The number of aromatic nitrogens is 2. The van der Waals surface area contributed by atoms with E-state index in [1.807, 2.05) is 30.5 Å². The molecule has 0 saturated heterocycles. The number of carbonyl (C=O) groups is 1. The number of fused-ring (bicyclic) bond motifs is 1. The summed E-state index contributed by atoms with van der Waals surface area (Å²) in [6.45, 7) is 6.49. The van der Waals surface area contributed by atoms with Crippen LogP contribution in [0.25, 0.3) is 22.0 Å². The van der Waals surface area contributed by atoms with Gasteiger partial charge in [-0.3, -0.25) is 9.48 Å². The molecule has 1 aromatic heterocycles. The average Bonchev–Trinajstić information content (AvgIpc) is 3.15. The SMILES string of the molecule is Cc1cc(Cl)ccc1-c1ccc2c(cnn2C(CC(C)C)c2ccc(C(N)=O)cc2)c1. The highest BCUT2D eigenvalue weighted by atomic mass is 35.5. The van der Waals surface area contributed by atoms with Crippen molar-refractivity contribution in [2.24, 2.45) is 11.7 Å². The van der Waals surface area contributed by atoms with Crippen LogP contribution in [0.1, 0.15) is 47.8 Å². The van der Waals surface area contributed by atoms with Crippen LogP contribution in [0.4, 0.5) is 0 Å². The van der Waals surface area contributed by atoms with Crippen LogP contribution in [0, 0.1) is 12.8 Å². The first-order chi connectivity index (χ1) is 14.8. The third kappa shape index (κ3) is 4.35. The van der Waals surface area contributed by atoms with E-state index in [1.165, 1.54) is 5.56 Å². The van der Waals surface area contributed by atoms with Crippen LogP contribution in [-0.2, 0) is 0 Å². The Hall–Kier alpha value is -3.11. The molecule has 3 aromatic carbocycles. The molecule has 158 valence electrons. The highest BCUT2D eigenvalue weighted by Gasteiger charge is 2.19. The summed E-state index contributed by atoms with van der Waals surface area (Å²) in [5.74, 6) is 0.0672. The fourth-order valence-electron chi connectivity index (χ4n) is 4.11. The molecule has 31 heavy (non-hydrogen) atoms. The summed E-state index contributed by atoms with van der Waals surface area (Å²) in [7, 11) is 0. The van der Waals surface area contributed by atoms with Crippen molar-refractivity contribution >= 4 is 28.4 Å². The smallest absolute Gasteiger partial charge is 0.248 e. The quantitative estimate of drug-likeness (QED) is 0.384. The summed E-state index contributed by atoms with van der Waals surface area (Å²) in [5, 5.41) is 6.59. The number of nitrogens with zero attached hydrogens (tertiary/aromatic N) is 2. The fourth-order valence-corrected chi connectivity index (χ4v) is 4.34. The maximum absolute atomic E-state index is 11.5. The van der Waals surface area contributed by atoms with Crippen molar-refractivity contribution in [3.8, 4) is 11.1 Å². The molecule has 0 aliphatic heterocycles. The van der Waals surface area contributed by atoms with E-state index in [4.69, 9.17) is 22.4 Å². The van der Waals surface area contributed by atoms with E-state index >= 15 is 0 Å². The molecule has 1 atom stereocenters. The molecule has 1 heterocycles. The van der Waals surface area contributed by atoms with E-state index < -0.39 is 5.91 Å². The molecular formula is C26H26ClN3O. The van der Waals surface area contributed by atoms with Crippen molar-refractivity contribution in [2.45, 2.75) is 33.2 Å². The largest absolute Gasteiger partial charge is 0.366 e. The number of hydrogen-bond acceptors (Lipinski definition) is 2. The zero-order valence-corrected chi connectivity index (χ0v) is 18.7. The molecule has 0 fully saturated rings. The Morgan fingerprint density at radius 1 is 1.06 bits per heavy atom. The van der Waals surface area contributed by atoms with Gasteiger partial charge in [0.15, 0.2) is 0 Å². The second kappa shape index (κ2) is 8.56. The van der Waals surface area contributed by atoms with E-state index in [2.05, 4.69) is 49.7 Å². The van der Waals surface area contributed by atoms with Crippen molar-refractivity contribution in [1.82, 2.24) is 9.78 Å². The number of halogens is 1. The number of aryl methyl sites for hydroxylation is 1. The molecule has 1 unspecified atom stereocenters. The standard InChI is InChI=1S/C26H26ClN3O/c1-16(2)12-25(18-4-6-19(7-5-18)26(28)31)30-24-11-8-20(14-21(24)15-29-30)23-10-9-22(27)13-17(23)3/h4-11,13-16,25H,12H2,1-3H3,(H2,28,31). The molecule has 0 aliphatic rings. The molecule has 4 nitrogen and oxygen atoms in total. The maximum Gasteiger partial charge on any atom is 0.248 e. The van der Waals surface area contributed by atoms with E-state index in [0.717, 1.165) is 39.0 Å². The lowest BCUT2D eigenvalue weighted by Gasteiger charge is -2.21. The van der Waals surface area contributed by atoms with E-state index in [-0.39, 0.29) is 6.04 Å². The number of nitrogens with two attached hydrogens (primary N) is 1. The normalized spacial score (nSPS) is 12.4. The van der Waals surface area contributed by atoms with Gasteiger partial charge in [0.05, 0.1) is 17.8 Å². The highest BCUT2D eigenvalue weighted by Crippen LogP contribution is 2.32. The minimum atomic E-state index is -0.415. The van der Waals surface area contributed by atoms with Gasteiger partial charge in [0, 0.05) is 16.0 Å². The third-order valence-corrected chi connectivity index (χ3v) is 5.90. The van der Waals surface area contributed by atoms with Crippen LogP contribution in [0.15, 0.2) is 66.9 Å². The molecular weight excluding hydrogens is 406 g/mol. The Morgan fingerprint density at radius 3 is 2.45 bits per heavy atom. The molecule has 4 aromatic rings. The fraction of sp³-hybridized carbons (Fsp3) is 0.231. The molecule has 0 aliphatic carbocycles. The van der Waals surface area contributed by atoms with Gasteiger partial charge < -0.3 is 5.73 Å². The van der Waals surface area contributed by atoms with Crippen LogP contribution < -0.4 is 5.73 Å². The van der Waals surface area contributed by atoms with Gasteiger partial charge in [0.1, 0.15) is 0 Å². The minimum absolute atomic E-state index is 0.0718. The van der Waals surface area contributed by atoms with Crippen LogP contribution in [0.5, 0.6) is 0 Å². The van der Waals surface area contributed by atoms with Gasteiger partial charge in [-0.15, -0.1) is 0 Å². The van der Waals surface area contributed by atoms with Gasteiger partial charge >= 0.3 is 0 Å². The van der Waals surface area contributed by atoms with Crippen molar-refractivity contribution in [2.75, 3.05) is 0 Å². The lowest BCUT2D eigenvalue weighted by atomic mass is 9.95. The number of rotatable bonds is 6. The number of primary amides is 1.